The van der Waals surface area contributed by atoms with Crippen molar-refractivity contribution in [3.63, 3.8) is 0 Å². The average Bonchev–Trinajstić information content (AvgIpc) is 2.68. The Morgan fingerprint density at radius 3 is 2.63 bits per heavy atom. The largest absolute Gasteiger partial charge is 0.357 e. The molecule has 0 bridgehead atoms. The van der Waals surface area contributed by atoms with Crippen molar-refractivity contribution in [3.05, 3.63) is 34.7 Å². The van der Waals surface area contributed by atoms with Crippen molar-refractivity contribution < 1.29 is 0 Å². The van der Waals surface area contributed by atoms with E-state index in [1.54, 1.807) is 16.7 Å². The summed E-state index contributed by atoms with van der Waals surface area (Å²) in [5, 5.41) is 6.77. The van der Waals surface area contributed by atoms with Gasteiger partial charge >= 0.3 is 0 Å². The number of hydrogen-bond donors (Lipinski definition) is 2. The molecule has 0 atom stereocenters. The van der Waals surface area contributed by atoms with Crippen molar-refractivity contribution in [1.29, 1.82) is 0 Å². The first kappa shape index (κ1) is 21.5. The Morgan fingerprint density at radius 2 is 1.93 bits per heavy atom. The first-order valence-corrected chi connectivity index (χ1v) is 10.5. The first-order valence-electron chi connectivity index (χ1n) is 10.5. The van der Waals surface area contributed by atoms with Crippen LogP contribution in [0.25, 0.3) is 0 Å². The summed E-state index contributed by atoms with van der Waals surface area (Å²) in [5.41, 5.74) is 0.164. The van der Waals surface area contributed by atoms with Crippen LogP contribution in [-0.4, -0.2) is 53.7 Å². The highest BCUT2D eigenvalue weighted by atomic mass is 16.1. The molecule has 2 rings (SSSR count). The van der Waals surface area contributed by atoms with Gasteiger partial charge in [0, 0.05) is 37.4 Å². The van der Waals surface area contributed by atoms with Crippen LogP contribution in [0.2, 0.25) is 0 Å². The van der Waals surface area contributed by atoms with Gasteiger partial charge in [0.2, 0.25) is 5.56 Å². The molecule has 152 valence electrons. The van der Waals surface area contributed by atoms with E-state index in [1.807, 2.05) is 12.3 Å². The number of nitrogens with zero attached hydrogens (tertiary/aromatic N) is 3. The fourth-order valence-corrected chi connectivity index (χ4v) is 3.47. The van der Waals surface area contributed by atoms with Gasteiger partial charge in [-0.1, -0.05) is 12.5 Å². The summed E-state index contributed by atoms with van der Waals surface area (Å²) >= 11 is 0. The molecule has 0 radical (unpaired) electrons. The van der Waals surface area contributed by atoms with Gasteiger partial charge in [0.05, 0.1) is 6.54 Å². The van der Waals surface area contributed by atoms with Crippen molar-refractivity contribution in [2.45, 2.75) is 65.0 Å². The number of aryl methyl sites for hydroxylation is 1. The molecule has 1 aromatic heterocycles. The number of piperidine rings is 1. The maximum absolute atomic E-state index is 11.7. The average molecular weight is 376 g/mol. The van der Waals surface area contributed by atoms with E-state index in [4.69, 9.17) is 4.99 Å². The second kappa shape index (κ2) is 11.1. The lowest BCUT2D eigenvalue weighted by Gasteiger charge is -2.40. The van der Waals surface area contributed by atoms with Gasteiger partial charge in [-0.05, 0) is 65.6 Å². The number of aliphatic imine (C=N–C) groups is 1. The predicted octanol–water partition coefficient (Wildman–Crippen LogP) is 2.45. The summed E-state index contributed by atoms with van der Waals surface area (Å²) in [6.45, 7) is 12.3. The minimum absolute atomic E-state index is 0.0697. The summed E-state index contributed by atoms with van der Waals surface area (Å²) in [4.78, 5) is 19.1. The van der Waals surface area contributed by atoms with Gasteiger partial charge in [0.1, 0.15) is 0 Å². The minimum atomic E-state index is 0.0697. The molecule has 0 aliphatic carbocycles. The molecule has 0 unspecified atom stereocenters. The van der Waals surface area contributed by atoms with Gasteiger partial charge in [-0.2, -0.15) is 0 Å². The van der Waals surface area contributed by atoms with E-state index in [2.05, 4.69) is 36.3 Å². The summed E-state index contributed by atoms with van der Waals surface area (Å²) < 4.78 is 1.76. The van der Waals surface area contributed by atoms with Crippen LogP contribution in [0.3, 0.4) is 0 Å². The third-order valence-corrected chi connectivity index (χ3v) is 5.20. The van der Waals surface area contributed by atoms with Crippen LogP contribution < -0.4 is 16.2 Å². The smallest absolute Gasteiger partial charge is 0.250 e. The Labute approximate surface area is 164 Å². The topological polar surface area (TPSA) is 61.7 Å². The van der Waals surface area contributed by atoms with Crippen molar-refractivity contribution in [2.75, 3.05) is 32.7 Å². The van der Waals surface area contributed by atoms with Crippen molar-refractivity contribution in [2.24, 2.45) is 4.99 Å². The normalized spacial score (nSPS) is 16.3. The molecule has 6 heteroatoms. The van der Waals surface area contributed by atoms with Crippen molar-refractivity contribution in [3.8, 4) is 0 Å². The van der Waals surface area contributed by atoms with Crippen LogP contribution in [0, 0.1) is 0 Å². The molecule has 6 nitrogen and oxygen atoms in total. The van der Waals surface area contributed by atoms with Crippen LogP contribution in [0.5, 0.6) is 0 Å². The molecule has 1 aliphatic rings. The zero-order valence-corrected chi connectivity index (χ0v) is 17.3. The number of pyridine rings is 1. The molecule has 0 saturated carbocycles. The standard InChI is InChI=1S/C21H37N5O/c1-4-22-20(24-18-21(2,3)26-16-8-5-9-17-26)23-13-7-11-15-25-14-10-6-12-19(25)27/h6,10,12,14H,4-5,7-9,11,13,15-18H2,1-3H3,(H2,22,23,24). The quantitative estimate of drug-likeness (QED) is 0.395. The van der Waals surface area contributed by atoms with E-state index in [-0.39, 0.29) is 11.1 Å². The lowest BCUT2D eigenvalue weighted by molar-refractivity contribution is 0.102. The molecule has 1 aromatic rings. The van der Waals surface area contributed by atoms with E-state index in [1.165, 1.54) is 32.4 Å². The molecule has 2 heterocycles. The van der Waals surface area contributed by atoms with E-state index in [0.717, 1.165) is 45.0 Å². The van der Waals surface area contributed by atoms with Gasteiger partial charge in [0.25, 0.3) is 0 Å². The highest BCUT2D eigenvalue weighted by Crippen LogP contribution is 2.20. The molecule has 2 N–H and O–H groups in total. The van der Waals surface area contributed by atoms with Crippen LogP contribution in [-0.2, 0) is 6.54 Å². The molecular formula is C21H37N5O. The lowest BCUT2D eigenvalue weighted by Crippen LogP contribution is -2.49. The van der Waals surface area contributed by atoms with E-state index in [9.17, 15) is 4.79 Å². The molecule has 0 aromatic carbocycles. The fraction of sp³-hybridized carbons (Fsp3) is 0.714. The monoisotopic (exact) mass is 375 g/mol. The van der Waals surface area contributed by atoms with Crippen molar-refractivity contribution in [1.82, 2.24) is 20.1 Å². The Bertz CT molecular complexity index is 631. The minimum Gasteiger partial charge on any atom is -0.357 e. The third-order valence-electron chi connectivity index (χ3n) is 5.20. The number of likely N-dealkylation sites (tertiary alicyclic amines) is 1. The maximum atomic E-state index is 11.7. The highest BCUT2D eigenvalue weighted by molar-refractivity contribution is 5.79. The van der Waals surface area contributed by atoms with Crippen LogP contribution >= 0.6 is 0 Å². The Kier molecular flexibility index (Phi) is 8.85. The van der Waals surface area contributed by atoms with Gasteiger partial charge in [0.15, 0.2) is 5.96 Å². The zero-order valence-electron chi connectivity index (χ0n) is 17.3. The number of nitrogens with one attached hydrogen (secondary N) is 2. The van der Waals surface area contributed by atoms with Crippen LogP contribution in [0.4, 0.5) is 0 Å². The summed E-state index contributed by atoms with van der Waals surface area (Å²) in [5.74, 6) is 0.888. The number of rotatable bonds is 9. The molecule has 1 aliphatic heterocycles. The molecule has 27 heavy (non-hydrogen) atoms. The van der Waals surface area contributed by atoms with Gasteiger partial charge in [-0.3, -0.25) is 14.7 Å². The van der Waals surface area contributed by atoms with Crippen LogP contribution in [0.1, 0.15) is 52.9 Å². The molecule has 1 fully saturated rings. The fourth-order valence-electron chi connectivity index (χ4n) is 3.47. The first-order chi connectivity index (χ1) is 13.0. The zero-order chi connectivity index (χ0) is 19.5. The lowest BCUT2D eigenvalue weighted by atomic mass is 9.99. The molecular weight excluding hydrogens is 338 g/mol. The summed E-state index contributed by atoms with van der Waals surface area (Å²) in [6, 6.07) is 5.29. The second-order valence-corrected chi connectivity index (χ2v) is 7.92. The Morgan fingerprint density at radius 1 is 1.15 bits per heavy atom. The number of guanidine groups is 1. The Hall–Kier alpha value is -1.82. The van der Waals surface area contributed by atoms with Crippen molar-refractivity contribution >= 4 is 5.96 Å². The number of aromatic nitrogens is 1. The molecule has 0 spiro atoms. The van der Waals surface area contributed by atoms with Crippen LogP contribution in [0.15, 0.2) is 34.2 Å². The Balaban J connectivity index is 1.75. The predicted molar refractivity (Wildman–Crippen MR) is 113 cm³/mol. The SMILES string of the molecule is CCNC(=NCC(C)(C)N1CCCCC1)NCCCCn1ccccc1=O. The van der Waals surface area contributed by atoms with Gasteiger partial charge in [-0.25, -0.2) is 0 Å². The van der Waals surface area contributed by atoms with E-state index in [0.29, 0.717) is 0 Å². The second-order valence-electron chi connectivity index (χ2n) is 7.92. The van der Waals surface area contributed by atoms with Gasteiger partial charge < -0.3 is 15.2 Å². The summed E-state index contributed by atoms with van der Waals surface area (Å²) in [6.07, 6.45) is 7.78. The number of hydrogen-bond acceptors (Lipinski definition) is 3. The number of unbranched alkanes of at least 4 members (excludes halogenated alkanes) is 1. The van der Waals surface area contributed by atoms with Gasteiger partial charge in [-0.15, -0.1) is 0 Å². The van der Waals surface area contributed by atoms with E-state index < -0.39 is 0 Å². The van der Waals surface area contributed by atoms with E-state index >= 15 is 0 Å². The summed E-state index contributed by atoms with van der Waals surface area (Å²) in [7, 11) is 0. The highest BCUT2D eigenvalue weighted by Gasteiger charge is 2.27. The molecule has 0 amide bonds. The molecule has 1 saturated heterocycles. The maximum Gasteiger partial charge on any atom is 0.250 e. The third kappa shape index (κ3) is 7.37.